The molecule has 3 nitrogen and oxygen atoms in total. The van der Waals surface area contributed by atoms with E-state index < -0.39 is 9.84 Å². The van der Waals surface area contributed by atoms with Crippen LogP contribution in [-0.4, -0.2) is 32.5 Å². The molecule has 0 aliphatic rings. The van der Waals surface area contributed by atoms with Gasteiger partial charge in [0, 0.05) is 11.8 Å². The fourth-order valence-electron chi connectivity index (χ4n) is 1.42. The molecule has 0 spiro atoms. The average molecular weight is 249 g/mol. The average Bonchev–Trinajstić information content (AvgIpc) is 2.22. The Kier molecular flexibility index (Phi) is 7.24. The van der Waals surface area contributed by atoms with Gasteiger partial charge in [0.15, 0.2) is 0 Å². The lowest BCUT2D eigenvalue weighted by Crippen LogP contribution is -2.31. The van der Waals surface area contributed by atoms with E-state index in [9.17, 15) is 8.42 Å². The van der Waals surface area contributed by atoms with Gasteiger partial charge < -0.3 is 5.32 Å². The lowest BCUT2D eigenvalue weighted by Gasteiger charge is -2.21. The predicted octanol–water partition coefficient (Wildman–Crippen LogP) is 2.08. The summed E-state index contributed by atoms with van der Waals surface area (Å²) in [6.45, 7) is 11.2. The Balaban J connectivity index is 3.92. The topological polar surface area (TPSA) is 46.2 Å². The van der Waals surface area contributed by atoms with Crippen LogP contribution in [0.15, 0.2) is 0 Å². The second kappa shape index (κ2) is 7.28. The third-order valence-corrected chi connectivity index (χ3v) is 4.88. The van der Waals surface area contributed by atoms with Gasteiger partial charge in [0.1, 0.15) is 9.84 Å². The van der Waals surface area contributed by atoms with Gasteiger partial charge in [-0.25, -0.2) is 8.42 Å². The van der Waals surface area contributed by atoms with Crippen LogP contribution in [0, 0.1) is 11.8 Å². The highest BCUT2D eigenvalue weighted by Gasteiger charge is 2.16. The summed E-state index contributed by atoms with van der Waals surface area (Å²) in [4.78, 5) is 0. The van der Waals surface area contributed by atoms with E-state index in [0.717, 1.165) is 13.0 Å². The van der Waals surface area contributed by atoms with Crippen molar-refractivity contribution in [1.82, 2.24) is 5.32 Å². The van der Waals surface area contributed by atoms with Crippen LogP contribution in [0.4, 0.5) is 0 Å². The summed E-state index contributed by atoms with van der Waals surface area (Å²) < 4.78 is 22.8. The van der Waals surface area contributed by atoms with Crippen LogP contribution >= 0.6 is 0 Å². The Morgan fingerprint density at radius 3 is 2.06 bits per heavy atom. The van der Waals surface area contributed by atoms with Crippen LogP contribution in [0.3, 0.4) is 0 Å². The molecule has 0 amide bonds. The second-order valence-corrected chi connectivity index (χ2v) is 7.52. The molecule has 0 aromatic heterocycles. The van der Waals surface area contributed by atoms with E-state index in [1.54, 1.807) is 6.92 Å². The molecule has 0 saturated carbocycles. The molecule has 0 bridgehead atoms. The van der Waals surface area contributed by atoms with Crippen molar-refractivity contribution in [2.75, 3.05) is 18.1 Å². The largest absolute Gasteiger partial charge is 0.314 e. The summed E-state index contributed by atoms with van der Waals surface area (Å²) in [6.07, 6.45) is 0.775. The lowest BCUT2D eigenvalue weighted by atomic mass is 9.93. The number of nitrogens with one attached hydrogen (secondary N) is 1. The van der Waals surface area contributed by atoms with Crippen LogP contribution in [0.2, 0.25) is 0 Å². The minimum Gasteiger partial charge on any atom is -0.314 e. The first-order valence-electron chi connectivity index (χ1n) is 6.22. The third kappa shape index (κ3) is 7.23. The summed E-state index contributed by atoms with van der Waals surface area (Å²) in [5.41, 5.74) is 0. The van der Waals surface area contributed by atoms with Crippen LogP contribution in [0.1, 0.15) is 41.0 Å². The molecule has 2 atom stereocenters. The van der Waals surface area contributed by atoms with Gasteiger partial charge in [-0.05, 0) is 24.8 Å². The minimum atomic E-state index is -2.80. The van der Waals surface area contributed by atoms with Gasteiger partial charge in [0.05, 0.1) is 5.75 Å². The molecule has 0 aliphatic carbocycles. The van der Waals surface area contributed by atoms with E-state index in [0.29, 0.717) is 23.6 Å². The smallest absolute Gasteiger partial charge is 0.150 e. The molecule has 4 heteroatoms. The normalized spacial score (nSPS) is 16.4. The van der Waals surface area contributed by atoms with Crippen molar-refractivity contribution in [3.63, 3.8) is 0 Å². The van der Waals surface area contributed by atoms with Crippen molar-refractivity contribution in [3.8, 4) is 0 Å². The molecule has 0 fully saturated rings. The molecule has 0 rings (SSSR count). The molecular weight excluding hydrogens is 222 g/mol. The maximum atomic E-state index is 11.4. The zero-order chi connectivity index (χ0) is 12.8. The van der Waals surface area contributed by atoms with Gasteiger partial charge in [-0.15, -0.1) is 0 Å². The fraction of sp³-hybridized carbons (Fsp3) is 1.00. The molecule has 16 heavy (non-hydrogen) atoms. The van der Waals surface area contributed by atoms with E-state index >= 15 is 0 Å². The van der Waals surface area contributed by atoms with Crippen molar-refractivity contribution < 1.29 is 8.42 Å². The van der Waals surface area contributed by atoms with Gasteiger partial charge in [0.2, 0.25) is 0 Å². The number of hydrogen-bond donors (Lipinski definition) is 1. The molecule has 0 radical (unpaired) electrons. The summed E-state index contributed by atoms with van der Waals surface area (Å²) >= 11 is 0. The van der Waals surface area contributed by atoms with E-state index in [2.05, 4.69) is 33.0 Å². The standard InChI is InChI=1S/C12H27NO2S/c1-6-16(14,15)8-7-11(4)12(5)9-13-10(2)3/h10-13H,6-9H2,1-5H3. The van der Waals surface area contributed by atoms with Crippen molar-refractivity contribution in [1.29, 1.82) is 0 Å². The zero-order valence-electron chi connectivity index (χ0n) is 11.3. The van der Waals surface area contributed by atoms with Gasteiger partial charge in [-0.2, -0.15) is 0 Å². The number of sulfone groups is 1. The van der Waals surface area contributed by atoms with Crippen LogP contribution < -0.4 is 5.32 Å². The maximum Gasteiger partial charge on any atom is 0.150 e. The summed E-state index contributed by atoms with van der Waals surface area (Å²) in [5.74, 6) is 1.57. The number of hydrogen-bond acceptors (Lipinski definition) is 3. The summed E-state index contributed by atoms with van der Waals surface area (Å²) in [7, 11) is -2.80. The lowest BCUT2D eigenvalue weighted by molar-refractivity contribution is 0.348. The Bertz CT molecular complexity index is 273. The molecule has 0 saturated heterocycles. The van der Waals surface area contributed by atoms with E-state index in [1.165, 1.54) is 0 Å². The Hall–Kier alpha value is -0.0900. The van der Waals surface area contributed by atoms with Crippen molar-refractivity contribution in [3.05, 3.63) is 0 Å². The SMILES string of the molecule is CCS(=O)(=O)CCC(C)C(C)CNC(C)C. The monoisotopic (exact) mass is 249 g/mol. The van der Waals surface area contributed by atoms with Crippen molar-refractivity contribution >= 4 is 9.84 Å². The first-order valence-corrected chi connectivity index (χ1v) is 8.04. The molecule has 0 heterocycles. The number of rotatable bonds is 8. The predicted molar refractivity (Wildman–Crippen MR) is 70.4 cm³/mol. The van der Waals surface area contributed by atoms with Gasteiger partial charge >= 0.3 is 0 Å². The second-order valence-electron chi connectivity index (χ2n) is 5.04. The van der Waals surface area contributed by atoms with Crippen molar-refractivity contribution in [2.24, 2.45) is 11.8 Å². The van der Waals surface area contributed by atoms with Gasteiger partial charge in [-0.1, -0.05) is 34.6 Å². The molecule has 0 aliphatic heterocycles. The molecule has 2 unspecified atom stereocenters. The minimum absolute atomic E-state index is 0.262. The first kappa shape index (κ1) is 15.9. The first-order chi connectivity index (χ1) is 7.28. The summed E-state index contributed by atoms with van der Waals surface area (Å²) in [6, 6.07) is 0.494. The highest BCUT2D eigenvalue weighted by atomic mass is 32.2. The van der Waals surface area contributed by atoms with Gasteiger partial charge in [-0.3, -0.25) is 0 Å². The van der Waals surface area contributed by atoms with Crippen LogP contribution in [0.5, 0.6) is 0 Å². The highest BCUT2D eigenvalue weighted by Crippen LogP contribution is 2.15. The van der Waals surface area contributed by atoms with Crippen molar-refractivity contribution in [2.45, 2.75) is 47.1 Å². The molecule has 0 aromatic rings. The van der Waals surface area contributed by atoms with E-state index in [1.807, 2.05) is 0 Å². The Morgan fingerprint density at radius 2 is 1.62 bits per heavy atom. The zero-order valence-corrected chi connectivity index (χ0v) is 12.1. The summed E-state index contributed by atoms with van der Waals surface area (Å²) in [5, 5.41) is 3.39. The van der Waals surface area contributed by atoms with E-state index in [4.69, 9.17) is 0 Å². The molecule has 98 valence electrons. The third-order valence-electron chi connectivity index (χ3n) is 3.14. The highest BCUT2D eigenvalue weighted by molar-refractivity contribution is 7.91. The maximum absolute atomic E-state index is 11.4. The van der Waals surface area contributed by atoms with Gasteiger partial charge in [0.25, 0.3) is 0 Å². The fourth-order valence-corrected chi connectivity index (χ4v) is 2.44. The molecule has 0 aromatic carbocycles. The molecular formula is C12H27NO2S. The van der Waals surface area contributed by atoms with Crippen LogP contribution in [0.25, 0.3) is 0 Å². The Morgan fingerprint density at radius 1 is 1.06 bits per heavy atom. The quantitative estimate of drug-likeness (QED) is 0.716. The molecule has 1 N–H and O–H groups in total. The van der Waals surface area contributed by atoms with Crippen LogP contribution in [-0.2, 0) is 9.84 Å². The van der Waals surface area contributed by atoms with E-state index in [-0.39, 0.29) is 5.75 Å². The Labute approximate surface area is 101 Å².